The van der Waals surface area contributed by atoms with E-state index in [1.54, 1.807) is 18.2 Å². The summed E-state index contributed by atoms with van der Waals surface area (Å²) in [5, 5.41) is 6.90. The van der Waals surface area contributed by atoms with Crippen LogP contribution < -0.4 is 10.6 Å². The Morgan fingerprint density at radius 1 is 0.971 bits per heavy atom. The van der Waals surface area contributed by atoms with Crippen LogP contribution in [0.15, 0.2) is 48.5 Å². The van der Waals surface area contributed by atoms with Crippen molar-refractivity contribution < 1.29 is 14.4 Å². The Kier molecular flexibility index (Phi) is 6.94. The molecule has 0 bridgehead atoms. The molecule has 2 aliphatic heterocycles. The predicted octanol–water partition coefficient (Wildman–Crippen LogP) is 4.49. The summed E-state index contributed by atoms with van der Waals surface area (Å²) in [5.41, 5.74) is 2.46. The number of anilines is 1. The molecule has 3 aliphatic rings. The van der Waals surface area contributed by atoms with Gasteiger partial charge in [-0.05, 0) is 49.4 Å². The lowest BCUT2D eigenvalue weighted by Gasteiger charge is -2.28. The van der Waals surface area contributed by atoms with Gasteiger partial charge < -0.3 is 10.6 Å². The van der Waals surface area contributed by atoms with Gasteiger partial charge >= 0.3 is 0 Å². The van der Waals surface area contributed by atoms with Crippen LogP contribution in [-0.2, 0) is 20.8 Å². The number of benzene rings is 2. The molecule has 5 rings (SSSR count). The van der Waals surface area contributed by atoms with Gasteiger partial charge in [-0.2, -0.15) is 0 Å². The third-order valence-corrected chi connectivity index (χ3v) is 8.32. The van der Waals surface area contributed by atoms with E-state index < -0.39 is 17.9 Å². The van der Waals surface area contributed by atoms with Crippen LogP contribution in [0.2, 0.25) is 5.02 Å². The van der Waals surface area contributed by atoms with Crippen LogP contribution in [0.5, 0.6) is 0 Å². The van der Waals surface area contributed by atoms with Gasteiger partial charge in [0.2, 0.25) is 17.7 Å². The van der Waals surface area contributed by atoms with Gasteiger partial charge in [-0.1, -0.05) is 73.7 Å². The second-order valence-corrected chi connectivity index (χ2v) is 10.5. The number of nitrogens with zero attached hydrogens (tertiary/aromatic N) is 1. The van der Waals surface area contributed by atoms with Gasteiger partial charge in [-0.15, -0.1) is 0 Å². The average Bonchev–Trinajstić information content (AvgIpc) is 3.19. The van der Waals surface area contributed by atoms with Crippen LogP contribution in [0.1, 0.15) is 49.7 Å². The number of hydrogen-bond acceptors (Lipinski definition) is 4. The molecule has 3 fully saturated rings. The summed E-state index contributed by atoms with van der Waals surface area (Å²) in [6, 6.07) is 14.2. The number of fused-ring (bicyclic) bond motifs is 1. The maximum atomic E-state index is 13.8. The molecule has 0 radical (unpaired) electrons. The molecule has 35 heavy (non-hydrogen) atoms. The number of imide groups is 1. The molecule has 1 saturated carbocycles. The van der Waals surface area contributed by atoms with Gasteiger partial charge in [-0.3, -0.25) is 19.3 Å². The van der Waals surface area contributed by atoms with Crippen molar-refractivity contribution in [1.29, 1.82) is 0 Å². The Labute approximate surface area is 211 Å². The lowest BCUT2D eigenvalue weighted by Crippen LogP contribution is -2.49. The van der Waals surface area contributed by atoms with Crippen molar-refractivity contribution in [3.8, 4) is 0 Å². The Hall–Kier alpha value is -2.70. The second-order valence-electron chi connectivity index (χ2n) is 10.1. The van der Waals surface area contributed by atoms with Crippen LogP contribution in [0.3, 0.4) is 0 Å². The topological polar surface area (TPSA) is 78.5 Å². The van der Waals surface area contributed by atoms with Crippen molar-refractivity contribution in [3.05, 3.63) is 64.7 Å². The molecule has 4 unspecified atom stereocenters. The molecule has 6 nitrogen and oxygen atoms in total. The van der Waals surface area contributed by atoms with E-state index in [2.05, 4.69) is 10.6 Å². The van der Waals surface area contributed by atoms with Crippen molar-refractivity contribution in [1.82, 2.24) is 10.2 Å². The predicted molar refractivity (Wildman–Crippen MR) is 136 cm³/mol. The van der Waals surface area contributed by atoms with Crippen LogP contribution in [0.4, 0.5) is 5.69 Å². The molecule has 0 aromatic heterocycles. The minimum Gasteiger partial charge on any atom is -0.324 e. The Bertz CT molecular complexity index is 1110. The lowest BCUT2D eigenvalue weighted by molar-refractivity contribution is -0.144. The maximum Gasteiger partial charge on any atom is 0.242 e. The van der Waals surface area contributed by atoms with E-state index in [1.807, 2.05) is 37.3 Å². The zero-order valence-corrected chi connectivity index (χ0v) is 20.8. The Morgan fingerprint density at radius 3 is 2.37 bits per heavy atom. The summed E-state index contributed by atoms with van der Waals surface area (Å²) >= 11 is 6.25. The summed E-state index contributed by atoms with van der Waals surface area (Å²) in [6.45, 7) is 1.85. The molecule has 2 N–H and O–H groups in total. The zero-order valence-electron chi connectivity index (χ0n) is 20.0. The third-order valence-electron chi connectivity index (χ3n) is 7.91. The van der Waals surface area contributed by atoms with Crippen molar-refractivity contribution >= 4 is 35.0 Å². The van der Waals surface area contributed by atoms with Crippen molar-refractivity contribution in [2.45, 2.75) is 70.0 Å². The standard InChI is InChI=1S/C28H32ClN3O3/c1-17-20(29)14-9-15-21(17)31-26(33)25-24-23(22(30-25)16-18-10-5-4-6-11-18)27(34)32(28(24)35)19-12-7-2-3-8-13-19/h4-6,9-11,14-15,19,22-25,30H,2-3,7-8,12-13,16H2,1H3,(H,31,33). The molecule has 2 heterocycles. The number of likely N-dealkylation sites (tertiary alicyclic amines) is 1. The minimum absolute atomic E-state index is 0.0561. The summed E-state index contributed by atoms with van der Waals surface area (Å²) < 4.78 is 0. The highest BCUT2D eigenvalue weighted by Crippen LogP contribution is 2.41. The SMILES string of the molecule is Cc1c(Cl)cccc1NC(=O)C1NC(Cc2ccccc2)C2C(=O)N(C3CCCCCC3)C(=O)C12. The van der Waals surface area contributed by atoms with Crippen LogP contribution in [0, 0.1) is 18.8 Å². The first-order chi connectivity index (χ1) is 17.0. The summed E-state index contributed by atoms with van der Waals surface area (Å²) in [6.07, 6.45) is 6.63. The van der Waals surface area contributed by atoms with E-state index in [-0.39, 0.29) is 29.8 Å². The first-order valence-electron chi connectivity index (χ1n) is 12.7. The highest BCUT2D eigenvalue weighted by atomic mass is 35.5. The molecule has 3 amide bonds. The molecule has 1 aliphatic carbocycles. The molecule has 2 aromatic carbocycles. The first-order valence-corrected chi connectivity index (χ1v) is 13.1. The van der Waals surface area contributed by atoms with Gasteiger partial charge in [0.15, 0.2) is 0 Å². The highest BCUT2D eigenvalue weighted by molar-refractivity contribution is 6.31. The van der Waals surface area contributed by atoms with E-state index in [0.29, 0.717) is 17.1 Å². The highest BCUT2D eigenvalue weighted by Gasteiger charge is 2.61. The molecule has 4 atom stereocenters. The number of hydrogen-bond donors (Lipinski definition) is 2. The fraction of sp³-hybridized carbons (Fsp3) is 0.464. The monoisotopic (exact) mass is 493 g/mol. The molecule has 7 heteroatoms. The van der Waals surface area contributed by atoms with Gasteiger partial charge in [0, 0.05) is 22.8 Å². The molecule has 2 saturated heterocycles. The van der Waals surface area contributed by atoms with E-state index >= 15 is 0 Å². The number of rotatable bonds is 5. The summed E-state index contributed by atoms with van der Waals surface area (Å²) in [7, 11) is 0. The minimum atomic E-state index is -0.778. The fourth-order valence-electron chi connectivity index (χ4n) is 6.07. The van der Waals surface area contributed by atoms with Crippen molar-refractivity contribution in [3.63, 3.8) is 0 Å². The van der Waals surface area contributed by atoms with Gasteiger partial charge in [0.1, 0.15) is 0 Å². The lowest BCUT2D eigenvalue weighted by atomic mass is 9.86. The van der Waals surface area contributed by atoms with Crippen LogP contribution >= 0.6 is 11.6 Å². The van der Waals surface area contributed by atoms with Crippen LogP contribution in [0.25, 0.3) is 0 Å². The third kappa shape index (κ3) is 4.62. The van der Waals surface area contributed by atoms with Gasteiger partial charge in [0.05, 0.1) is 17.9 Å². The normalized spacial score (nSPS) is 27.1. The largest absolute Gasteiger partial charge is 0.324 e. The maximum absolute atomic E-state index is 13.8. The first kappa shape index (κ1) is 24.0. The Balaban J connectivity index is 1.44. The van der Waals surface area contributed by atoms with E-state index in [4.69, 9.17) is 11.6 Å². The smallest absolute Gasteiger partial charge is 0.242 e. The molecular weight excluding hydrogens is 462 g/mol. The number of halogens is 1. The second kappa shape index (κ2) is 10.1. The molecular formula is C28H32ClN3O3. The quantitative estimate of drug-likeness (QED) is 0.475. The van der Waals surface area contributed by atoms with E-state index in [1.165, 1.54) is 4.90 Å². The average molecular weight is 494 g/mol. The van der Waals surface area contributed by atoms with E-state index in [0.717, 1.165) is 49.7 Å². The summed E-state index contributed by atoms with van der Waals surface area (Å²) in [4.78, 5) is 42.6. The number of nitrogens with one attached hydrogen (secondary N) is 2. The fourth-order valence-corrected chi connectivity index (χ4v) is 6.24. The zero-order chi connectivity index (χ0) is 24.5. The molecule has 0 spiro atoms. The van der Waals surface area contributed by atoms with Gasteiger partial charge in [-0.25, -0.2) is 0 Å². The summed E-state index contributed by atoms with van der Waals surface area (Å²) in [5.74, 6) is -1.85. The molecule has 2 aromatic rings. The number of carbonyl (C=O) groups excluding carboxylic acids is 3. The van der Waals surface area contributed by atoms with Crippen molar-refractivity contribution in [2.24, 2.45) is 11.8 Å². The number of carbonyl (C=O) groups is 3. The van der Waals surface area contributed by atoms with Crippen molar-refractivity contribution in [2.75, 3.05) is 5.32 Å². The Morgan fingerprint density at radius 2 is 1.66 bits per heavy atom. The molecule has 184 valence electrons. The van der Waals surface area contributed by atoms with E-state index in [9.17, 15) is 14.4 Å². The van der Waals surface area contributed by atoms with Crippen LogP contribution in [-0.4, -0.2) is 40.7 Å². The number of amides is 3. The van der Waals surface area contributed by atoms with Gasteiger partial charge in [0.25, 0.3) is 0 Å².